The number of nitrogens with zero attached hydrogens (tertiary/aromatic N) is 4. The lowest BCUT2D eigenvalue weighted by Gasteiger charge is -2.31. The number of aromatic nitrogens is 2. The van der Waals surface area contributed by atoms with Gasteiger partial charge in [-0.3, -0.25) is 4.90 Å². The summed E-state index contributed by atoms with van der Waals surface area (Å²) in [5.74, 6) is 5.30. The van der Waals surface area contributed by atoms with E-state index in [4.69, 9.17) is 9.97 Å². The van der Waals surface area contributed by atoms with Gasteiger partial charge < -0.3 is 4.90 Å². The Kier molecular flexibility index (Phi) is 5.13. The maximum absolute atomic E-state index is 5.05. The van der Waals surface area contributed by atoms with Gasteiger partial charge in [0, 0.05) is 36.5 Å². The number of aryl methyl sites for hydroxylation is 1. The molecule has 1 atom stereocenters. The molecule has 134 valence electrons. The number of anilines is 1. The molecule has 2 aliphatic rings. The molecular formula is C20H28N4S. The van der Waals surface area contributed by atoms with Crippen LogP contribution >= 0.6 is 11.8 Å². The lowest BCUT2D eigenvalue weighted by atomic mass is 10.0. The van der Waals surface area contributed by atoms with Crippen molar-refractivity contribution >= 4 is 28.5 Å². The Morgan fingerprint density at radius 2 is 2.00 bits per heavy atom. The van der Waals surface area contributed by atoms with E-state index >= 15 is 0 Å². The van der Waals surface area contributed by atoms with Gasteiger partial charge >= 0.3 is 0 Å². The average Bonchev–Trinajstić information content (AvgIpc) is 2.62. The predicted molar refractivity (Wildman–Crippen MR) is 107 cm³/mol. The number of thioether (sulfide) groups is 1. The molecule has 2 aromatic rings. The van der Waals surface area contributed by atoms with Gasteiger partial charge in [0.05, 0.1) is 12.1 Å². The van der Waals surface area contributed by atoms with E-state index in [2.05, 4.69) is 41.8 Å². The van der Waals surface area contributed by atoms with Crippen molar-refractivity contribution in [2.75, 3.05) is 42.6 Å². The lowest BCUT2D eigenvalue weighted by molar-refractivity contribution is 0.173. The third-order valence-electron chi connectivity index (χ3n) is 5.29. The first-order valence-corrected chi connectivity index (χ1v) is 10.7. The van der Waals surface area contributed by atoms with Gasteiger partial charge in [0.1, 0.15) is 11.6 Å². The molecule has 0 radical (unpaired) electrons. The first kappa shape index (κ1) is 17.1. The van der Waals surface area contributed by atoms with Crippen LogP contribution in [-0.2, 0) is 6.54 Å². The van der Waals surface area contributed by atoms with Crippen molar-refractivity contribution in [3.05, 3.63) is 29.6 Å². The summed E-state index contributed by atoms with van der Waals surface area (Å²) < 4.78 is 0. The number of rotatable bonds is 3. The molecule has 4 nitrogen and oxygen atoms in total. The Balaban J connectivity index is 1.68. The summed E-state index contributed by atoms with van der Waals surface area (Å²) in [6.07, 6.45) is 2.65. The van der Waals surface area contributed by atoms with Crippen molar-refractivity contribution in [3.63, 3.8) is 0 Å². The smallest absolute Gasteiger partial charge is 0.145 e. The Labute approximate surface area is 155 Å². The van der Waals surface area contributed by atoms with E-state index in [-0.39, 0.29) is 0 Å². The summed E-state index contributed by atoms with van der Waals surface area (Å²) in [5, 5.41) is 1.21. The van der Waals surface area contributed by atoms with E-state index in [1.165, 1.54) is 48.4 Å². The normalized spacial score (nSPS) is 22.5. The fraction of sp³-hybridized carbons (Fsp3) is 0.600. The average molecular weight is 357 g/mol. The maximum Gasteiger partial charge on any atom is 0.145 e. The van der Waals surface area contributed by atoms with Crippen molar-refractivity contribution in [3.8, 4) is 0 Å². The van der Waals surface area contributed by atoms with E-state index in [1.54, 1.807) is 0 Å². The zero-order valence-electron chi connectivity index (χ0n) is 15.4. The topological polar surface area (TPSA) is 32.3 Å². The summed E-state index contributed by atoms with van der Waals surface area (Å²) >= 11 is 2.04. The fourth-order valence-corrected chi connectivity index (χ4v) is 4.89. The molecule has 1 unspecified atom stereocenters. The third kappa shape index (κ3) is 3.93. The number of fused-ring (bicyclic) bond motifs is 1. The van der Waals surface area contributed by atoms with Crippen LogP contribution in [0.15, 0.2) is 18.2 Å². The molecule has 0 bridgehead atoms. The molecule has 0 aliphatic carbocycles. The van der Waals surface area contributed by atoms with Crippen LogP contribution in [0.5, 0.6) is 0 Å². The Hall–Kier alpha value is -1.33. The van der Waals surface area contributed by atoms with Gasteiger partial charge in [-0.2, -0.15) is 11.8 Å². The minimum Gasteiger partial charge on any atom is -0.354 e. The van der Waals surface area contributed by atoms with E-state index < -0.39 is 0 Å². The molecule has 0 saturated carbocycles. The fourth-order valence-electron chi connectivity index (χ4n) is 3.99. The highest BCUT2D eigenvalue weighted by Gasteiger charge is 2.20. The molecular weight excluding hydrogens is 328 g/mol. The summed E-state index contributed by atoms with van der Waals surface area (Å²) in [6, 6.07) is 6.58. The second-order valence-corrected chi connectivity index (χ2v) is 8.79. The Bertz CT molecular complexity index is 742. The van der Waals surface area contributed by atoms with Crippen molar-refractivity contribution in [2.45, 2.75) is 33.2 Å². The van der Waals surface area contributed by atoms with Crippen LogP contribution in [0.2, 0.25) is 0 Å². The molecule has 3 heterocycles. The molecule has 0 N–H and O–H groups in total. The van der Waals surface area contributed by atoms with Gasteiger partial charge in [0.25, 0.3) is 0 Å². The lowest BCUT2D eigenvalue weighted by Crippen LogP contribution is -2.35. The summed E-state index contributed by atoms with van der Waals surface area (Å²) in [4.78, 5) is 14.9. The van der Waals surface area contributed by atoms with Crippen molar-refractivity contribution in [1.29, 1.82) is 0 Å². The maximum atomic E-state index is 5.05. The van der Waals surface area contributed by atoms with E-state index in [9.17, 15) is 0 Å². The molecule has 2 aliphatic heterocycles. The SMILES string of the molecule is Cc1ccc2nc(CN3CCCC(C)C3)nc(N3CCSCC3)c2c1. The van der Waals surface area contributed by atoms with E-state index in [1.807, 2.05) is 11.8 Å². The Morgan fingerprint density at radius 1 is 1.16 bits per heavy atom. The number of likely N-dealkylation sites (tertiary alicyclic amines) is 1. The van der Waals surface area contributed by atoms with Crippen LogP contribution < -0.4 is 4.90 Å². The molecule has 5 heteroatoms. The summed E-state index contributed by atoms with van der Waals surface area (Å²) in [7, 11) is 0. The van der Waals surface area contributed by atoms with E-state index in [0.29, 0.717) is 0 Å². The third-order valence-corrected chi connectivity index (χ3v) is 6.24. The van der Waals surface area contributed by atoms with E-state index in [0.717, 1.165) is 42.7 Å². The first-order chi connectivity index (χ1) is 12.2. The van der Waals surface area contributed by atoms with Crippen LogP contribution in [0.1, 0.15) is 31.2 Å². The van der Waals surface area contributed by atoms with Gasteiger partial charge in [-0.15, -0.1) is 0 Å². The van der Waals surface area contributed by atoms with Crippen LogP contribution in [0.3, 0.4) is 0 Å². The standard InChI is InChI=1S/C20H28N4S/c1-15-5-6-18-17(12-15)20(24-8-10-25-11-9-24)22-19(21-18)14-23-7-3-4-16(2)13-23/h5-6,12,16H,3-4,7-11,13-14H2,1-2H3. The quantitative estimate of drug-likeness (QED) is 0.837. The van der Waals surface area contributed by atoms with Crippen molar-refractivity contribution in [2.24, 2.45) is 5.92 Å². The molecule has 2 fully saturated rings. The molecule has 1 aromatic heterocycles. The van der Waals surface area contributed by atoms with Gasteiger partial charge in [-0.05, 0) is 44.4 Å². The number of benzene rings is 1. The Morgan fingerprint density at radius 3 is 2.80 bits per heavy atom. The molecule has 4 rings (SSSR count). The summed E-state index contributed by atoms with van der Waals surface area (Å²) in [6.45, 7) is 9.91. The minimum atomic E-state index is 0.787. The van der Waals surface area contributed by atoms with Gasteiger partial charge in [-0.25, -0.2) is 9.97 Å². The second-order valence-electron chi connectivity index (χ2n) is 7.57. The van der Waals surface area contributed by atoms with Crippen molar-refractivity contribution in [1.82, 2.24) is 14.9 Å². The molecule has 0 spiro atoms. The zero-order chi connectivity index (χ0) is 17.2. The highest BCUT2D eigenvalue weighted by atomic mass is 32.2. The van der Waals surface area contributed by atoms with Crippen LogP contribution in [-0.4, -0.2) is 52.6 Å². The number of hydrogen-bond acceptors (Lipinski definition) is 5. The first-order valence-electron chi connectivity index (χ1n) is 9.51. The zero-order valence-corrected chi connectivity index (χ0v) is 16.2. The highest BCUT2D eigenvalue weighted by molar-refractivity contribution is 7.99. The largest absolute Gasteiger partial charge is 0.354 e. The molecule has 0 amide bonds. The number of hydrogen-bond donors (Lipinski definition) is 0. The summed E-state index contributed by atoms with van der Waals surface area (Å²) in [5.41, 5.74) is 2.37. The van der Waals surface area contributed by atoms with Gasteiger partial charge in [0.15, 0.2) is 0 Å². The van der Waals surface area contributed by atoms with Crippen molar-refractivity contribution < 1.29 is 0 Å². The van der Waals surface area contributed by atoms with Gasteiger partial charge in [0.2, 0.25) is 0 Å². The van der Waals surface area contributed by atoms with Crippen LogP contribution in [0, 0.1) is 12.8 Å². The monoisotopic (exact) mass is 356 g/mol. The second kappa shape index (κ2) is 7.50. The van der Waals surface area contributed by atoms with Crippen LogP contribution in [0.25, 0.3) is 10.9 Å². The molecule has 2 saturated heterocycles. The highest BCUT2D eigenvalue weighted by Crippen LogP contribution is 2.28. The van der Waals surface area contributed by atoms with Crippen LogP contribution in [0.4, 0.5) is 5.82 Å². The van der Waals surface area contributed by atoms with Gasteiger partial charge in [-0.1, -0.05) is 18.6 Å². The number of piperidine rings is 1. The molecule has 1 aromatic carbocycles. The minimum absolute atomic E-state index is 0.787. The predicted octanol–water partition coefficient (Wildman–Crippen LogP) is 3.72. The molecule has 25 heavy (non-hydrogen) atoms.